The maximum Gasteiger partial charge on any atom is 0.270 e. The number of amides is 2. The van der Waals surface area contributed by atoms with Gasteiger partial charge in [-0.2, -0.15) is 0 Å². The summed E-state index contributed by atoms with van der Waals surface area (Å²) in [7, 11) is 1.48. The maximum atomic E-state index is 13.3. The zero-order valence-electron chi connectivity index (χ0n) is 15.8. The van der Waals surface area contributed by atoms with Gasteiger partial charge in [-0.25, -0.2) is 4.39 Å². The fourth-order valence-corrected chi connectivity index (χ4v) is 2.68. The summed E-state index contributed by atoms with van der Waals surface area (Å²) >= 11 is 3.17. The third-order valence-corrected chi connectivity index (χ3v) is 4.53. The van der Waals surface area contributed by atoms with Gasteiger partial charge in [0.2, 0.25) is 0 Å². The van der Waals surface area contributed by atoms with E-state index < -0.39 is 17.6 Å². The lowest BCUT2D eigenvalue weighted by Gasteiger charge is -2.13. The summed E-state index contributed by atoms with van der Waals surface area (Å²) in [6.07, 6.45) is 0.896. The quantitative estimate of drug-likeness (QED) is 0.620. The molecule has 28 heavy (non-hydrogen) atoms. The van der Waals surface area contributed by atoms with Crippen molar-refractivity contribution in [1.82, 2.24) is 10.9 Å². The summed E-state index contributed by atoms with van der Waals surface area (Å²) in [5.74, 6) is -0.300. The van der Waals surface area contributed by atoms with Crippen molar-refractivity contribution in [2.24, 2.45) is 5.92 Å². The smallest absolute Gasteiger partial charge is 0.270 e. The van der Waals surface area contributed by atoms with Gasteiger partial charge >= 0.3 is 0 Å². The lowest BCUT2D eigenvalue weighted by Crippen LogP contribution is -2.41. The second-order valence-corrected chi connectivity index (χ2v) is 7.28. The van der Waals surface area contributed by atoms with E-state index in [1.165, 1.54) is 25.3 Å². The Kier molecular flexibility index (Phi) is 7.80. The fraction of sp³-hybridized carbons (Fsp3) is 0.300. The van der Waals surface area contributed by atoms with Crippen molar-refractivity contribution in [3.63, 3.8) is 0 Å². The van der Waals surface area contributed by atoms with E-state index in [0.29, 0.717) is 28.5 Å². The Bertz CT molecular complexity index is 858. The first-order chi connectivity index (χ1) is 13.3. The largest absolute Gasteiger partial charge is 0.493 e. The zero-order chi connectivity index (χ0) is 20.7. The summed E-state index contributed by atoms with van der Waals surface area (Å²) in [6, 6.07) is 8.42. The van der Waals surface area contributed by atoms with Crippen LogP contribution in [0.25, 0.3) is 0 Å². The van der Waals surface area contributed by atoms with Gasteiger partial charge in [0.05, 0.1) is 19.3 Å². The Morgan fingerprint density at radius 1 is 1.07 bits per heavy atom. The first-order valence-corrected chi connectivity index (χ1v) is 9.47. The molecule has 6 nitrogen and oxygen atoms in total. The first-order valence-electron chi connectivity index (χ1n) is 8.68. The van der Waals surface area contributed by atoms with Crippen LogP contribution in [0.15, 0.2) is 40.9 Å². The van der Waals surface area contributed by atoms with Gasteiger partial charge in [-0.05, 0) is 64.7 Å². The molecule has 0 spiro atoms. The third-order valence-electron chi connectivity index (χ3n) is 3.84. The van der Waals surface area contributed by atoms with Crippen molar-refractivity contribution in [2.45, 2.75) is 20.3 Å². The molecule has 0 saturated heterocycles. The average molecular weight is 453 g/mol. The second kappa shape index (κ2) is 10.1. The molecule has 0 atom stereocenters. The highest BCUT2D eigenvalue weighted by Crippen LogP contribution is 2.28. The molecule has 0 heterocycles. The fourth-order valence-electron chi connectivity index (χ4n) is 2.26. The molecule has 0 bridgehead atoms. The molecule has 0 radical (unpaired) electrons. The molecule has 2 N–H and O–H groups in total. The topological polar surface area (TPSA) is 76.7 Å². The lowest BCUT2D eigenvalue weighted by molar-refractivity contribution is 0.0846. The predicted octanol–water partition coefficient (Wildman–Crippen LogP) is 4.10. The van der Waals surface area contributed by atoms with Crippen molar-refractivity contribution < 1.29 is 23.5 Å². The minimum atomic E-state index is -0.652. The van der Waals surface area contributed by atoms with Gasteiger partial charge < -0.3 is 9.47 Å². The van der Waals surface area contributed by atoms with E-state index in [4.69, 9.17) is 9.47 Å². The van der Waals surface area contributed by atoms with Gasteiger partial charge in [0.15, 0.2) is 11.5 Å². The molecule has 8 heteroatoms. The maximum absolute atomic E-state index is 13.3. The van der Waals surface area contributed by atoms with E-state index >= 15 is 0 Å². The number of rotatable bonds is 7. The van der Waals surface area contributed by atoms with E-state index in [1.54, 1.807) is 12.1 Å². The van der Waals surface area contributed by atoms with Crippen LogP contribution in [-0.2, 0) is 0 Å². The minimum absolute atomic E-state index is 0.0618. The normalized spacial score (nSPS) is 10.5. The number of hydrogen-bond acceptors (Lipinski definition) is 4. The average Bonchev–Trinajstić information content (AvgIpc) is 2.67. The molecule has 0 aliphatic heterocycles. The van der Waals surface area contributed by atoms with Crippen LogP contribution in [0.3, 0.4) is 0 Å². The van der Waals surface area contributed by atoms with Crippen molar-refractivity contribution in [2.75, 3.05) is 13.7 Å². The summed E-state index contributed by atoms with van der Waals surface area (Å²) in [5, 5.41) is 0. The summed E-state index contributed by atoms with van der Waals surface area (Å²) in [4.78, 5) is 24.4. The van der Waals surface area contributed by atoms with Crippen LogP contribution in [0, 0.1) is 11.7 Å². The standard InChI is InChI=1S/C20H22BrFN2O4/c1-12(2)8-9-28-17-7-4-13(10-18(17)27-3)19(25)23-24-20(26)15-11-14(22)5-6-16(15)21/h4-7,10-12H,8-9H2,1-3H3,(H,23,25)(H,24,26). The number of hydrogen-bond donors (Lipinski definition) is 2. The molecular formula is C20H22BrFN2O4. The van der Waals surface area contributed by atoms with Gasteiger partial charge in [0.25, 0.3) is 11.8 Å². The molecule has 150 valence electrons. The molecule has 2 amide bonds. The highest BCUT2D eigenvalue weighted by atomic mass is 79.9. The number of nitrogens with one attached hydrogen (secondary N) is 2. The van der Waals surface area contributed by atoms with Crippen LogP contribution in [0.2, 0.25) is 0 Å². The number of carbonyl (C=O) groups excluding carboxylic acids is 2. The number of ether oxygens (including phenoxy) is 2. The van der Waals surface area contributed by atoms with Crippen LogP contribution in [-0.4, -0.2) is 25.5 Å². The van der Waals surface area contributed by atoms with Crippen molar-refractivity contribution >= 4 is 27.7 Å². The Balaban J connectivity index is 2.01. The van der Waals surface area contributed by atoms with Gasteiger partial charge in [-0.15, -0.1) is 0 Å². The van der Waals surface area contributed by atoms with Crippen molar-refractivity contribution in [3.8, 4) is 11.5 Å². The van der Waals surface area contributed by atoms with Crippen LogP contribution in [0.4, 0.5) is 4.39 Å². The van der Waals surface area contributed by atoms with Gasteiger partial charge in [0, 0.05) is 10.0 Å². The SMILES string of the molecule is COc1cc(C(=O)NNC(=O)c2cc(F)ccc2Br)ccc1OCCC(C)C. The number of hydrazine groups is 1. The molecule has 2 aromatic rings. The Labute approximate surface area is 171 Å². The molecule has 0 unspecified atom stereocenters. The lowest BCUT2D eigenvalue weighted by atomic mass is 10.1. The van der Waals surface area contributed by atoms with E-state index in [2.05, 4.69) is 40.6 Å². The van der Waals surface area contributed by atoms with E-state index in [1.807, 2.05) is 0 Å². The molecule has 2 aromatic carbocycles. The highest BCUT2D eigenvalue weighted by molar-refractivity contribution is 9.10. The molecule has 2 rings (SSSR count). The van der Waals surface area contributed by atoms with Gasteiger partial charge in [-0.1, -0.05) is 13.8 Å². The molecule has 0 saturated carbocycles. The summed E-state index contributed by atoms with van der Waals surface area (Å²) < 4.78 is 24.7. The number of benzene rings is 2. The monoisotopic (exact) mass is 452 g/mol. The van der Waals surface area contributed by atoms with Crippen LogP contribution in [0.5, 0.6) is 11.5 Å². The molecular weight excluding hydrogens is 431 g/mol. The van der Waals surface area contributed by atoms with Crippen LogP contribution in [0.1, 0.15) is 41.0 Å². The molecule has 0 aliphatic rings. The van der Waals surface area contributed by atoms with Gasteiger partial charge in [-0.3, -0.25) is 20.4 Å². The number of carbonyl (C=O) groups is 2. The number of methoxy groups -OCH3 is 1. The second-order valence-electron chi connectivity index (χ2n) is 6.43. The molecule has 0 aliphatic carbocycles. The van der Waals surface area contributed by atoms with Crippen molar-refractivity contribution in [3.05, 3.63) is 57.8 Å². The van der Waals surface area contributed by atoms with Gasteiger partial charge in [0.1, 0.15) is 5.82 Å². The number of halogens is 2. The Morgan fingerprint density at radius 2 is 1.79 bits per heavy atom. The summed E-state index contributed by atoms with van der Waals surface area (Å²) in [5.41, 5.74) is 4.88. The van der Waals surface area contributed by atoms with E-state index in [-0.39, 0.29) is 11.1 Å². The Morgan fingerprint density at radius 3 is 2.46 bits per heavy atom. The summed E-state index contributed by atoms with van der Waals surface area (Å²) in [6.45, 7) is 4.74. The van der Waals surface area contributed by atoms with Crippen LogP contribution < -0.4 is 20.3 Å². The first kappa shape index (κ1) is 21.7. The molecule has 0 fully saturated rings. The minimum Gasteiger partial charge on any atom is -0.493 e. The molecule has 0 aromatic heterocycles. The third kappa shape index (κ3) is 5.95. The van der Waals surface area contributed by atoms with E-state index in [9.17, 15) is 14.0 Å². The highest BCUT2D eigenvalue weighted by Gasteiger charge is 2.15. The predicted molar refractivity (Wildman–Crippen MR) is 107 cm³/mol. The zero-order valence-corrected chi connectivity index (χ0v) is 17.4. The van der Waals surface area contributed by atoms with Crippen LogP contribution >= 0.6 is 15.9 Å². The van der Waals surface area contributed by atoms with Crippen molar-refractivity contribution in [1.29, 1.82) is 0 Å². The van der Waals surface area contributed by atoms with E-state index in [0.717, 1.165) is 12.5 Å². The Hall–Kier alpha value is -2.61.